The normalized spacial score (nSPS) is 35.5. The summed E-state index contributed by atoms with van der Waals surface area (Å²) in [5, 5.41) is 0. The van der Waals surface area contributed by atoms with Crippen LogP contribution in [0.15, 0.2) is 0 Å². The minimum absolute atomic E-state index is 0.0451. The van der Waals surface area contributed by atoms with Gasteiger partial charge in [-0.15, -0.1) is 0 Å². The molecule has 1 nitrogen and oxygen atoms in total. The highest BCUT2D eigenvalue weighted by molar-refractivity contribution is 5.02. The van der Waals surface area contributed by atoms with Gasteiger partial charge < -0.3 is 5.73 Å². The summed E-state index contributed by atoms with van der Waals surface area (Å²) >= 11 is 0. The third kappa shape index (κ3) is 1.58. The molecule has 1 fully saturated rings. The number of nitrogens with two attached hydrogens (primary N) is 1. The third-order valence-corrected chi connectivity index (χ3v) is 2.61. The molecule has 12 heavy (non-hydrogen) atoms. The number of hydrogen-bond donors (Lipinski definition) is 1. The molecule has 1 aliphatic rings. The van der Waals surface area contributed by atoms with E-state index in [0.29, 0.717) is 6.42 Å². The smallest absolute Gasteiger partial charge is 0.318 e. The molecular weight excluding hydrogens is 167 g/mol. The Hall–Kier alpha value is -0.250. The van der Waals surface area contributed by atoms with Gasteiger partial charge in [0.2, 0.25) is 0 Å². The van der Waals surface area contributed by atoms with Crippen molar-refractivity contribution < 1.29 is 13.2 Å². The predicted molar refractivity (Wildman–Crippen MR) is 40.6 cm³/mol. The highest BCUT2D eigenvalue weighted by Gasteiger charge is 2.57. The van der Waals surface area contributed by atoms with Crippen molar-refractivity contribution in [3.05, 3.63) is 0 Å². The Balaban J connectivity index is 2.78. The molecule has 0 bridgehead atoms. The second kappa shape index (κ2) is 2.37. The summed E-state index contributed by atoms with van der Waals surface area (Å²) in [6.07, 6.45) is -3.59. The van der Waals surface area contributed by atoms with Crippen LogP contribution in [-0.4, -0.2) is 11.7 Å². The first-order valence-corrected chi connectivity index (χ1v) is 4.02. The van der Waals surface area contributed by atoms with E-state index in [2.05, 4.69) is 0 Å². The van der Waals surface area contributed by atoms with Gasteiger partial charge in [-0.25, -0.2) is 0 Å². The van der Waals surface area contributed by atoms with Crippen LogP contribution in [0.3, 0.4) is 0 Å². The third-order valence-electron chi connectivity index (χ3n) is 2.61. The largest absolute Gasteiger partial charge is 0.406 e. The van der Waals surface area contributed by atoms with E-state index in [1.165, 1.54) is 0 Å². The van der Waals surface area contributed by atoms with Gasteiger partial charge in [0.05, 0.1) is 0 Å². The van der Waals surface area contributed by atoms with Crippen molar-refractivity contribution in [3.63, 3.8) is 0 Å². The van der Waals surface area contributed by atoms with E-state index in [9.17, 15) is 13.2 Å². The Kier molecular flexibility index (Phi) is 1.95. The zero-order valence-electron chi connectivity index (χ0n) is 7.33. The molecule has 1 aliphatic carbocycles. The lowest BCUT2D eigenvalue weighted by Crippen LogP contribution is -2.51. The average Bonchev–Trinajstić information content (AvgIpc) is 2.05. The predicted octanol–water partition coefficient (Wildman–Crippen LogP) is 2.46. The lowest BCUT2D eigenvalue weighted by Gasteiger charge is -2.28. The Morgan fingerprint density at radius 1 is 1.17 bits per heavy atom. The first-order valence-electron chi connectivity index (χ1n) is 4.02. The highest BCUT2D eigenvalue weighted by Crippen LogP contribution is 2.49. The summed E-state index contributed by atoms with van der Waals surface area (Å²) in [6.45, 7) is 3.65. The van der Waals surface area contributed by atoms with Gasteiger partial charge in [-0.05, 0) is 24.7 Å². The first kappa shape index (κ1) is 9.84. The van der Waals surface area contributed by atoms with Crippen LogP contribution in [0.25, 0.3) is 0 Å². The van der Waals surface area contributed by atoms with Crippen molar-refractivity contribution >= 4 is 0 Å². The first-order chi connectivity index (χ1) is 5.16. The SMILES string of the molecule is CC1(C)CCC(N)(C(F)(F)F)C1. The van der Waals surface area contributed by atoms with Crippen LogP contribution in [0.2, 0.25) is 0 Å². The topological polar surface area (TPSA) is 26.0 Å². The van der Waals surface area contributed by atoms with E-state index in [0.717, 1.165) is 0 Å². The summed E-state index contributed by atoms with van der Waals surface area (Å²) in [4.78, 5) is 0. The van der Waals surface area contributed by atoms with Gasteiger partial charge in [0, 0.05) is 0 Å². The number of hydrogen-bond acceptors (Lipinski definition) is 1. The molecule has 0 radical (unpaired) electrons. The molecule has 0 aromatic rings. The Bertz CT molecular complexity index is 185. The second-order valence-corrected chi connectivity index (χ2v) is 4.49. The summed E-state index contributed by atoms with van der Waals surface area (Å²) in [7, 11) is 0. The van der Waals surface area contributed by atoms with Crippen molar-refractivity contribution in [3.8, 4) is 0 Å². The van der Waals surface area contributed by atoms with Crippen LogP contribution in [0.1, 0.15) is 33.1 Å². The molecule has 0 aliphatic heterocycles. The molecule has 2 N–H and O–H groups in total. The van der Waals surface area contributed by atoms with Crippen LogP contribution in [0.4, 0.5) is 13.2 Å². The number of halogens is 3. The van der Waals surface area contributed by atoms with Gasteiger partial charge >= 0.3 is 6.18 Å². The molecule has 1 saturated carbocycles. The quantitative estimate of drug-likeness (QED) is 0.610. The average molecular weight is 181 g/mol. The lowest BCUT2D eigenvalue weighted by atomic mass is 9.88. The molecule has 1 unspecified atom stereocenters. The van der Waals surface area contributed by atoms with E-state index in [-0.39, 0.29) is 18.3 Å². The van der Waals surface area contributed by atoms with Gasteiger partial charge in [0.25, 0.3) is 0 Å². The minimum atomic E-state index is -4.25. The van der Waals surface area contributed by atoms with Crippen molar-refractivity contribution in [1.82, 2.24) is 0 Å². The van der Waals surface area contributed by atoms with Crippen molar-refractivity contribution in [2.75, 3.05) is 0 Å². The van der Waals surface area contributed by atoms with Gasteiger partial charge in [-0.1, -0.05) is 13.8 Å². The van der Waals surface area contributed by atoms with Crippen LogP contribution in [0, 0.1) is 5.41 Å². The van der Waals surface area contributed by atoms with E-state index >= 15 is 0 Å². The molecule has 72 valence electrons. The van der Waals surface area contributed by atoms with Crippen molar-refractivity contribution in [2.45, 2.75) is 44.8 Å². The molecule has 0 aromatic carbocycles. The monoisotopic (exact) mass is 181 g/mol. The van der Waals surface area contributed by atoms with Crippen LogP contribution in [0.5, 0.6) is 0 Å². The zero-order valence-corrected chi connectivity index (χ0v) is 7.33. The fraction of sp³-hybridized carbons (Fsp3) is 1.00. The summed E-state index contributed by atoms with van der Waals surface area (Å²) in [6, 6.07) is 0. The Labute approximate surface area is 70.1 Å². The van der Waals surface area contributed by atoms with E-state index in [1.807, 2.05) is 13.8 Å². The molecular formula is C8H14F3N. The standard InChI is InChI=1S/C8H14F3N/c1-6(2)3-4-7(12,5-6)8(9,10)11/h3-5,12H2,1-2H3. The molecule has 0 saturated heterocycles. The van der Waals surface area contributed by atoms with Gasteiger partial charge in [-0.2, -0.15) is 13.2 Å². The molecule has 1 atom stereocenters. The van der Waals surface area contributed by atoms with Crippen LogP contribution < -0.4 is 5.73 Å². The zero-order chi connectivity index (χ0) is 9.62. The molecule has 0 amide bonds. The van der Waals surface area contributed by atoms with E-state index in [1.54, 1.807) is 0 Å². The summed E-state index contributed by atoms with van der Waals surface area (Å²) in [5.74, 6) is 0. The fourth-order valence-electron chi connectivity index (χ4n) is 1.83. The maximum atomic E-state index is 12.4. The van der Waals surface area contributed by atoms with Gasteiger partial charge in [-0.3, -0.25) is 0 Å². The molecule has 1 rings (SSSR count). The van der Waals surface area contributed by atoms with Crippen molar-refractivity contribution in [1.29, 1.82) is 0 Å². The lowest BCUT2D eigenvalue weighted by molar-refractivity contribution is -0.185. The maximum Gasteiger partial charge on any atom is 0.406 e. The van der Waals surface area contributed by atoms with E-state index < -0.39 is 11.7 Å². The molecule has 4 heteroatoms. The fourth-order valence-corrected chi connectivity index (χ4v) is 1.83. The van der Waals surface area contributed by atoms with Gasteiger partial charge in [0.15, 0.2) is 0 Å². The summed E-state index contributed by atoms with van der Waals surface area (Å²) in [5.41, 5.74) is 3.09. The highest BCUT2D eigenvalue weighted by atomic mass is 19.4. The Morgan fingerprint density at radius 3 is 1.83 bits per heavy atom. The molecule has 0 spiro atoms. The number of rotatable bonds is 0. The van der Waals surface area contributed by atoms with Crippen LogP contribution in [-0.2, 0) is 0 Å². The Morgan fingerprint density at radius 2 is 1.67 bits per heavy atom. The second-order valence-electron chi connectivity index (χ2n) is 4.49. The number of alkyl halides is 3. The van der Waals surface area contributed by atoms with E-state index in [4.69, 9.17) is 5.73 Å². The molecule has 0 heterocycles. The summed E-state index contributed by atoms with van der Waals surface area (Å²) < 4.78 is 37.1. The van der Waals surface area contributed by atoms with Crippen LogP contribution >= 0.6 is 0 Å². The molecule has 0 aromatic heterocycles. The van der Waals surface area contributed by atoms with Crippen molar-refractivity contribution in [2.24, 2.45) is 11.1 Å². The minimum Gasteiger partial charge on any atom is -0.318 e. The maximum absolute atomic E-state index is 12.4. The van der Waals surface area contributed by atoms with Gasteiger partial charge in [0.1, 0.15) is 5.54 Å².